The van der Waals surface area contributed by atoms with E-state index in [4.69, 9.17) is 4.74 Å². The average molecular weight is 238 g/mol. The second-order valence-corrected chi connectivity index (χ2v) is 3.45. The summed E-state index contributed by atoms with van der Waals surface area (Å²) >= 11 is 0. The van der Waals surface area contributed by atoms with E-state index in [0.29, 0.717) is 5.75 Å². The summed E-state index contributed by atoms with van der Waals surface area (Å²) in [5, 5.41) is 0. The first kappa shape index (κ1) is 11.5. The Bertz CT molecular complexity index is 552. The molecule has 0 heterocycles. The van der Waals surface area contributed by atoms with E-state index in [9.17, 15) is 13.2 Å². The Balaban J connectivity index is 2.57. The van der Waals surface area contributed by atoms with Gasteiger partial charge in [-0.2, -0.15) is 0 Å². The van der Waals surface area contributed by atoms with Crippen LogP contribution in [0.15, 0.2) is 36.4 Å². The highest BCUT2D eigenvalue weighted by molar-refractivity contribution is 5.65. The number of ether oxygens (including phenoxy) is 1. The van der Waals surface area contributed by atoms with Crippen molar-refractivity contribution in [3.8, 4) is 16.9 Å². The SMILES string of the molecule is COc1ccc(-c2cccc(F)c2F)c(F)c1. The van der Waals surface area contributed by atoms with Crippen LogP contribution < -0.4 is 4.74 Å². The van der Waals surface area contributed by atoms with Crippen molar-refractivity contribution in [3.05, 3.63) is 53.8 Å². The highest BCUT2D eigenvalue weighted by Crippen LogP contribution is 2.29. The highest BCUT2D eigenvalue weighted by Gasteiger charge is 2.13. The quantitative estimate of drug-likeness (QED) is 0.773. The Morgan fingerprint density at radius 3 is 2.29 bits per heavy atom. The Labute approximate surface area is 96.5 Å². The summed E-state index contributed by atoms with van der Waals surface area (Å²) in [5.74, 6) is -2.40. The van der Waals surface area contributed by atoms with E-state index in [0.717, 1.165) is 12.1 Å². The van der Waals surface area contributed by atoms with Gasteiger partial charge in [0.2, 0.25) is 0 Å². The third-order valence-corrected chi connectivity index (χ3v) is 2.42. The molecule has 0 aliphatic carbocycles. The van der Waals surface area contributed by atoms with Crippen LogP contribution in [0.5, 0.6) is 5.75 Å². The maximum atomic E-state index is 13.7. The van der Waals surface area contributed by atoms with Crippen LogP contribution in [0.1, 0.15) is 0 Å². The van der Waals surface area contributed by atoms with E-state index in [1.165, 1.54) is 31.4 Å². The van der Waals surface area contributed by atoms with Crippen molar-refractivity contribution in [2.75, 3.05) is 7.11 Å². The van der Waals surface area contributed by atoms with E-state index in [2.05, 4.69) is 0 Å². The van der Waals surface area contributed by atoms with Crippen LogP contribution in [0.2, 0.25) is 0 Å². The molecule has 4 heteroatoms. The van der Waals surface area contributed by atoms with Crippen molar-refractivity contribution in [3.63, 3.8) is 0 Å². The van der Waals surface area contributed by atoms with Crippen molar-refractivity contribution in [2.45, 2.75) is 0 Å². The molecule has 1 nitrogen and oxygen atoms in total. The van der Waals surface area contributed by atoms with Crippen molar-refractivity contribution >= 4 is 0 Å². The van der Waals surface area contributed by atoms with Gasteiger partial charge in [-0.15, -0.1) is 0 Å². The lowest BCUT2D eigenvalue weighted by Gasteiger charge is -2.07. The predicted molar refractivity (Wildman–Crippen MR) is 58.3 cm³/mol. The van der Waals surface area contributed by atoms with Gasteiger partial charge in [0.1, 0.15) is 11.6 Å². The lowest BCUT2D eigenvalue weighted by atomic mass is 10.0. The summed E-state index contributed by atoms with van der Waals surface area (Å²) in [5.41, 5.74) is -0.104. The van der Waals surface area contributed by atoms with Gasteiger partial charge >= 0.3 is 0 Å². The zero-order valence-corrected chi connectivity index (χ0v) is 9.01. The van der Waals surface area contributed by atoms with Crippen molar-refractivity contribution in [1.82, 2.24) is 0 Å². The smallest absolute Gasteiger partial charge is 0.166 e. The van der Waals surface area contributed by atoms with Crippen LogP contribution in [-0.2, 0) is 0 Å². The number of rotatable bonds is 2. The molecular formula is C13H9F3O. The molecule has 0 saturated heterocycles. The molecule has 0 aromatic heterocycles. The second kappa shape index (κ2) is 4.49. The van der Waals surface area contributed by atoms with Gasteiger partial charge in [-0.05, 0) is 18.2 Å². The molecule has 0 bridgehead atoms. The van der Waals surface area contributed by atoms with Gasteiger partial charge in [-0.1, -0.05) is 12.1 Å². The summed E-state index contributed by atoms with van der Waals surface area (Å²) in [7, 11) is 1.40. The third kappa shape index (κ3) is 2.11. The summed E-state index contributed by atoms with van der Waals surface area (Å²) in [4.78, 5) is 0. The largest absolute Gasteiger partial charge is 0.497 e. The molecular weight excluding hydrogens is 229 g/mol. The van der Waals surface area contributed by atoms with Gasteiger partial charge in [-0.25, -0.2) is 13.2 Å². The molecule has 0 amide bonds. The van der Waals surface area contributed by atoms with Gasteiger partial charge in [0.15, 0.2) is 11.6 Å². The monoisotopic (exact) mass is 238 g/mol. The maximum Gasteiger partial charge on any atom is 0.166 e. The summed E-state index contributed by atoms with van der Waals surface area (Å²) < 4.78 is 45.0. The summed E-state index contributed by atoms with van der Waals surface area (Å²) in [6.07, 6.45) is 0. The fourth-order valence-corrected chi connectivity index (χ4v) is 1.55. The summed E-state index contributed by atoms with van der Waals surface area (Å²) in [6.45, 7) is 0. The van der Waals surface area contributed by atoms with Crippen LogP contribution in [0, 0.1) is 17.5 Å². The number of benzene rings is 2. The van der Waals surface area contributed by atoms with Gasteiger partial charge < -0.3 is 4.74 Å². The third-order valence-electron chi connectivity index (χ3n) is 2.42. The molecule has 0 N–H and O–H groups in total. The van der Waals surface area contributed by atoms with Crippen LogP contribution in [-0.4, -0.2) is 7.11 Å². The first-order valence-corrected chi connectivity index (χ1v) is 4.91. The van der Waals surface area contributed by atoms with Crippen molar-refractivity contribution in [1.29, 1.82) is 0 Å². The average Bonchev–Trinajstić information content (AvgIpc) is 2.33. The number of hydrogen-bond acceptors (Lipinski definition) is 1. The molecule has 17 heavy (non-hydrogen) atoms. The highest BCUT2D eigenvalue weighted by atomic mass is 19.2. The first-order chi connectivity index (χ1) is 8.13. The molecule has 88 valence electrons. The minimum Gasteiger partial charge on any atom is -0.497 e. The standard InChI is InChI=1S/C13H9F3O/c1-17-8-5-6-9(12(15)7-8)10-3-2-4-11(14)13(10)16/h2-7H,1H3. The van der Waals surface area contributed by atoms with Crippen LogP contribution in [0.3, 0.4) is 0 Å². The van der Waals surface area contributed by atoms with E-state index >= 15 is 0 Å². The van der Waals surface area contributed by atoms with Gasteiger partial charge in [0.25, 0.3) is 0 Å². The molecule has 0 radical (unpaired) electrons. The van der Waals surface area contributed by atoms with Gasteiger partial charge in [0.05, 0.1) is 7.11 Å². The molecule has 0 spiro atoms. The van der Waals surface area contributed by atoms with Crippen LogP contribution in [0.4, 0.5) is 13.2 Å². The minimum atomic E-state index is -1.06. The Morgan fingerprint density at radius 2 is 1.65 bits per heavy atom. The van der Waals surface area contributed by atoms with Crippen LogP contribution >= 0.6 is 0 Å². The Kier molecular flexibility index (Phi) is 3.04. The van der Waals surface area contributed by atoms with E-state index in [1.807, 2.05) is 0 Å². The number of methoxy groups -OCH3 is 1. The fourth-order valence-electron chi connectivity index (χ4n) is 1.55. The number of hydrogen-bond donors (Lipinski definition) is 0. The fraction of sp³-hybridized carbons (Fsp3) is 0.0769. The maximum absolute atomic E-state index is 13.7. The zero-order chi connectivity index (χ0) is 12.4. The molecule has 0 fully saturated rings. The molecule has 2 aromatic rings. The predicted octanol–water partition coefficient (Wildman–Crippen LogP) is 3.78. The molecule has 0 unspecified atom stereocenters. The number of halogens is 3. The molecule has 0 aliphatic rings. The molecule has 2 aromatic carbocycles. The zero-order valence-electron chi connectivity index (χ0n) is 9.01. The molecule has 0 atom stereocenters. The van der Waals surface area contributed by atoms with Crippen molar-refractivity contribution < 1.29 is 17.9 Å². The van der Waals surface area contributed by atoms with Crippen LogP contribution in [0.25, 0.3) is 11.1 Å². The van der Waals surface area contributed by atoms with Gasteiger partial charge in [-0.3, -0.25) is 0 Å². The molecule has 0 aliphatic heterocycles. The van der Waals surface area contributed by atoms with Crippen molar-refractivity contribution in [2.24, 2.45) is 0 Å². The second-order valence-electron chi connectivity index (χ2n) is 3.45. The van der Waals surface area contributed by atoms with E-state index in [-0.39, 0.29) is 11.1 Å². The summed E-state index contributed by atoms with van der Waals surface area (Å²) in [6, 6.07) is 7.61. The van der Waals surface area contributed by atoms with E-state index < -0.39 is 17.5 Å². The topological polar surface area (TPSA) is 9.23 Å². The Morgan fingerprint density at radius 1 is 0.882 bits per heavy atom. The van der Waals surface area contributed by atoms with Gasteiger partial charge in [0, 0.05) is 17.2 Å². The normalized spacial score (nSPS) is 10.4. The molecule has 0 saturated carbocycles. The van der Waals surface area contributed by atoms with E-state index in [1.54, 1.807) is 0 Å². The lowest BCUT2D eigenvalue weighted by Crippen LogP contribution is -1.93. The molecule has 2 rings (SSSR count). The first-order valence-electron chi connectivity index (χ1n) is 4.91. The lowest BCUT2D eigenvalue weighted by molar-refractivity contribution is 0.411. The minimum absolute atomic E-state index is 0.00259. The Hall–Kier alpha value is -1.97.